The van der Waals surface area contributed by atoms with Crippen LogP contribution in [0.5, 0.6) is 0 Å². The van der Waals surface area contributed by atoms with Crippen molar-refractivity contribution >= 4 is 23.0 Å². The standard InChI is InChI=1S/C23H21F4N3O5/c24-17-11-15(23(25,26)27)3-1-13(17)9-16-12-29(7-8-30(16)22(33)34)6-5-19(31)14-2-4-18-20(10-14)35-21(32)28-18/h1-4,10-11,16H,5-9,12H2,(H,28,32)(H,33,34)/p-1. The quantitative estimate of drug-likeness (QED) is 0.417. The Bertz CT molecular complexity index is 1320. The van der Waals surface area contributed by atoms with Gasteiger partial charge in [-0.15, -0.1) is 0 Å². The molecule has 3 aromatic rings. The van der Waals surface area contributed by atoms with E-state index in [1.165, 1.54) is 6.07 Å². The van der Waals surface area contributed by atoms with Crippen molar-refractivity contribution in [3.63, 3.8) is 0 Å². The first kappa shape index (κ1) is 24.5. The second-order valence-corrected chi connectivity index (χ2v) is 8.32. The number of carbonyl (C=O) groups excluding carboxylic acids is 2. The van der Waals surface area contributed by atoms with Gasteiger partial charge < -0.3 is 19.2 Å². The lowest BCUT2D eigenvalue weighted by Gasteiger charge is -2.43. The number of Topliss-reactive ketones (excluding diaryl/α,β-unsaturated/α-hetero) is 1. The molecule has 4 rings (SSSR count). The van der Waals surface area contributed by atoms with E-state index >= 15 is 0 Å². The van der Waals surface area contributed by atoms with Crippen LogP contribution in [0, 0.1) is 5.82 Å². The summed E-state index contributed by atoms with van der Waals surface area (Å²) in [5, 5.41) is 11.6. The molecule has 0 bridgehead atoms. The number of aromatic nitrogens is 1. The van der Waals surface area contributed by atoms with Gasteiger partial charge in [0.25, 0.3) is 0 Å². The summed E-state index contributed by atoms with van der Waals surface area (Å²) >= 11 is 0. The van der Waals surface area contributed by atoms with Crippen LogP contribution < -0.4 is 10.9 Å². The third-order valence-electron chi connectivity index (χ3n) is 6.04. The summed E-state index contributed by atoms with van der Waals surface area (Å²) < 4.78 is 57.7. The van der Waals surface area contributed by atoms with Crippen LogP contribution in [-0.2, 0) is 12.6 Å². The number of rotatable bonds is 6. The first-order valence-electron chi connectivity index (χ1n) is 10.7. The number of hydrogen-bond acceptors (Lipinski definition) is 6. The van der Waals surface area contributed by atoms with Crippen molar-refractivity contribution in [2.45, 2.75) is 25.1 Å². The van der Waals surface area contributed by atoms with Crippen LogP contribution in [0.4, 0.5) is 22.4 Å². The molecule has 1 N–H and O–H groups in total. The third kappa shape index (κ3) is 5.53. The summed E-state index contributed by atoms with van der Waals surface area (Å²) in [5.74, 6) is -1.92. The molecule has 1 fully saturated rings. The zero-order valence-corrected chi connectivity index (χ0v) is 18.2. The van der Waals surface area contributed by atoms with E-state index in [1.54, 1.807) is 12.1 Å². The maximum atomic E-state index is 14.3. The van der Waals surface area contributed by atoms with Crippen LogP contribution in [-0.4, -0.2) is 58.9 Å². The number of nitrogens with zero attached hydrogens (tertiary/aromatic N) is 2. The normalized spacial score (nSPS) is 17.1. The molecule has 8 nitrogen and oxygen atoms in total. The van der Waals surface area contributed by atoms with Gasteiger partial charge in [0, 0.05) is 44.2 Å². The first-order chi connectivity index (χ1) is 16.5. The van der Waals surface area contributed by atoms with Crippen molar-refractivity contribution in [1.29, 1.82) is 0 Å². The number of ketones is 1. The van der Waals surface area contributed by atoms with Crippen molar-refractivity contribution in [3.05, 3.63) is 69.5 Å². The number of carboxylic acid groups (broad SMARTS) is 1. The van der Waals surface area contributed by atoms with Crippen LogP contribution >= 0.6 is 0 Å². The molecular weight excluding hydrogens is 474 g/mol. The SMILES string of the molecule is O=C(CCN1CCN(C(=O)[O-])C(Cc2ccc(C(F)(F)F)cc2F)C1)c1ccc2[nH]c(=O)oc2c1. The summed E-state index contributed by atoms with van der Waals surface area (Å²) in [4.78, 5) is 40.8. The van der Waals surface area contributed by atoms with Gasteiger partial charge in [0.1, 0.15) is 11.9 Å². The minimum absolute atomic E-state index is 0.0455. The van der Waals surface area contributed by atoms with Gasteiger partial charge in [0.05, 0.1) is 11.1 Å². The van der Waals surface area contributed by atoms with E-state index in [4.69, 9.17) is 4.42 Å². The van der Waals surface area contributed by atoms with Gasteiger partial charge in [-0.3, -0.25) is 14.7 Å². The molecular formula is C23H20F4N3O5-. The molecule has 1 saturated heterocycles. The van der Waals surface area contributed by atoms with E-state index in [1.807, 2.05) is 4.90 Å². The highest BCUT2D eigenvalue weighted by Crippen LogP contribution is 2.30. The van der Waals surface area contributed by atoms with Crippen LogP contribution in [0.1, 0.15) is 27.9 Å². The zero-order chi connectivity index (χ0) is 25.3. The number of piperazine rings is 1. The average molecular weight is 494 g/mol. The van der Waals surface area contributed by atoms with E-state index in [2.05, 4.69) is 4.98 Å². The Kier molecular flexibility index (Phi) is 6.66. The Morgan fingerprint density at radius 1 is 1.14 bits per heavy atom. The Morgan fingerprint density at radius 3 is 2.60 bits per heavy atom. The van der Waals surface area contributed by atoms with Gasteiger partial charge in [0.2, 0.25) is 0 Å². The topological polar surface area (TPSA) is 110 Å². The van der Waals surface area contributed by atoms with Crippen molar-refractivity contribution in [3.8, 4) is 0 Å². The lowest BCUT2D eigenvalue weighted by Crippen LogP contribution is -2.59. The van der Waals surface area contributed by atoms with Crippen molar-refractivity contribution < 1.29 is 36.7 Å². The van der Waals surface area contributed by atoms with E-state index in [0.29, 0.717) is 23.7 Å². The molecule has 1 aliphatic heterocycles. The number of nitrogens with one attached hydrogen (secondary N) is 1. The molecule has 1 unspecified atom stereocenters. The van der Waals surface area contributed by atoms with E-state index in [-0.39, 0.29) is 49.4 Å². The van der Waals surface area contributed by atoms with Crippen LogP contribution in [0.3, 0.4) is 0 Å². The van der Waals surface area contributed by atoms with Crippen LogP contribution in [0.15, 0.2) is 45.6 Å². The second kappa shape index (κ2) is 9.53. The highest BCUT2D eigenvalue weighted by atomic mass is 19.4. The molecule has 186 valence electrons. The molecule has 12 heteroatoms. The molecule has 2 aromatic carbocycles. The minimum Gasteiger partial charge on any atom is -0.530 e. The van der Waals surface area contributed by atoms with Gasteiger partial charge >= 0.3 is 11.9 Å². The van der Waals surface area contributed by atoms with E-state index < -0.39 is 35.4 Å². The maximum absolute atomic E-state index is 14.3. The van der Waals surface area contributed by atoms with Gasteiger partial charge in [-0.2, -0.15) is 13.2 Å². The van der Waals surface area contributed by atoms with Crippen LogP contribution in [0.25, 0.3) is 11.1 Å². The number of H-pyrrole nitrogens is 1. The highest BCUT2D eigenvalue weighted by Gasteiger charge is 2.32. The fraction of sp³-hybridized carbons (Fsp3) is 0.348. The monoisotopic (exact) mass is 494 g/mol. The Hall–Kier alpha value is -3.67. The minimum atomic E-state index is -4.69. The zero-order valence-electron chi connectivity index (χ0n) is 18.2. The number of halogens is 4. The predicted molar refractivity (Wildman–Crippen MR) is 113 cm³/mol. The summed E-state index contributed by atoms with van der Waals surface area (Å²) in [5.41, 5.74) is -0.118. The summed E-state index contributed by atoms with van der Waals surface area (Å²) in [6.45, 7) is 0.775. The molecule has 1 amide bonds. The number of oxazole rings is 1. The van der Waals surface area contributed by atoms with E-state index in [9.17, 15) is 37.1 Å². The fourth-order valence-electron chi connectivity index (χ4n) is 4.20. The number of aromatic amines is 1. The molecule has 1 atom stereocenters. The lowest BCUT2D eigenvalue weighted by atomic mass is 10.00. The number of hydrogen-bond donors (Lipinski definition) is 1. The molecule has 0 aliphatic carbocycles. The summed E-state index contributed by atoms with van der Waals surface area (Å²) in [6, 6.07) is 5.96. The third-order valence-corrected chi connectivity index (χ3v) is 6.04. The Morgan fingerprint density at radius 2 is 1.91 bits per heavy atom. The fourth-order valence-corrected chi connectivity index (χ4v) is 4.20. The maximum Gasteiger partial charge on any atom is 0.417 e. The number of carbonyl (C=O) groups is 2. The molecule has 2 heterocycles. The van der Waals surface area contributed by atoms with Gasteiger partial charge in [0.15, 0.2) is 11.4 Å². The Balaban J connectivity index is 1.42. The molecule has 0 saturated carbocycles. The number of amides is 1. The summed E-state index contributed by atoms with van der Waals surface area (Å²) in [7, 11) is 0. The van der Waals surface area contributed by atoms with Crippen molar-refractivity contribution in [1.82, 2.24) is 14.8 Å². The largest absolute Gasteiger partial charge is 0.530 e. The molecule has 1 aromatic heterocycles. The van der Waals surface area contributed by atoms with Crippen molar-refractivity contribution in [2.75, 3.05) is 26.2 Å². The van der Waals surface area contributed by atoms with Crippen molar-refractivity contribution in [2.24, 2.45) is 0 Å². The molecule has 0 spiro atoms. The van der Waals surface area contributed by atoms with Gasteiger partial charge in [-0.25, -0.2) is 9.18 Å². The second-order valence-electron chi connectivity index (χ2n) is 8.32. The molecule has 35 heavy (non-hydrogen) atoms. The average Bonchev–Trinajstić information content (AvgIpc) is 3.17. The van der Waals surface area contributed by atoms with Crippen LogP contribution in [0.2, 0.25) is 0 Å². The number of fused-ring (bicyclic) bond motifs is 1. The molecule has 1 aliphatic rings. The lowest BCUT2D eigenvalue weighted by molar-refractivity contribution is -0.269. The smallest absolute Gasteiger partial charge is 0.417 e. The molecule has 0 radical (unpaired) electrons. The Labute approximate surface area is 195 Å². The highest BCUT2D eigenvalue weighted by molar-refractivity contribution is 5.98. The predicted octanol–water partition coefficient (Wildman–Crippen LogP) is 2.42. The van der Waals surface area contributed by atoms with Gasteiger partial charge in [-0.1, -0.05) is 6.07 Å². The first-order valence-corrected chi connectivity index (χ1v) is 10.7. The van der Waals surface area contributed by atoms with E-state index in [0.717, 1.165) is 17.0 Å². The number of alkyl halides is 3. The summed E-state index contributed by atoms with van der Waals surface area (Å²) in [6.07, 6.45) is -6.21. The number of benzene rings is 2. The van der Waals surface area contributed by atoms with Gasteiger partial charge in [-0.05, 0) is 42.3 Å².